The third-order valence-corrected chi connectivity index (χ3v) is 6.56. The molecule has 5 aromatic rings. The van der Waals surface area contributed by atoms with Crippen molar-refractivity contribution in [3.8, 4) is 23.0 Å². The summed E-state index contributed by atoms with van der Waals surface area (Å²) in [6, 6.07) is 40.6. The number of rotatable bonds is 13. The second-order valence-corrected chi connectivity index (χ2v) is 9.59. The highest BCUT2D eigenvalue weighted by Gasteiger charge is 2.13. The number of ether oxygens (including phenoxy) is 4. The molecule has 0 spiro atoms. The van der Waals surface area contributed by atoms with E-state index >= 15 is 0 Å². The standard InChI is InChI=1S/C37H32O5/c1-39-37-23-28(18-22-35(37)41-26-30-13-7-3-8-14-30)17-21-34(38)33-20-19-32(40-25-29-11-5-2-6-12-29)24-36(33)42-27-31-15-9-4-10-16-31/h2-24H,25-27H2,1H3. The molecule has 0 unspecified atom stereocenters. The summed E-state index contributed by atoms with van der Waals surface area (Å²) >= 11 is 0. The molecule has 5 nitrogen and oxygen atoms in total. The van der Waals surface area contributed by atoms with Crippen LogP contribution in [0.2, 0.25) is 0 Å². The molecule has 0 aliphatic carbocycles. The lowest BCUT2D eigenvalue weighted by atomic mass is 10.1. The van der Waals surface area contributed by atoms with Crippen LogP contribution in [0.1, 0.15) is 32.6 Å². The van der Waals surface area contributed by atoms with Crippen molar-refractivity contribution in [2.45, 2.75) is 19.8 Å². The first-order valence-electron chi connectivity index (χ1n) is 13.7. The molecule has 0 amide bonds. The third-order valence-electron chi connectivity index (χ3n) is 6.56. The molecule has 0 N–H and O–H groups in total. The Labute approximate surface area is 246 Å². The average Bonchev–Trinajstić information content (AvgIpc) is 3.06. The Morgan fingerprint density at radius 3 is 1.69 bits per heavy atom. The Balaban J connectivity index is 1.31. The van der Waals surface area contributed by atoms with E-state index < -0.39 is 0 Å². The van der Waals surface area contributed by atoms with Gasteiger partial charge in [-0.1, -0.05) is 103 Å². The lowest BCUT2D eigenvalue weighted by Crippen LogP contribution is -2.04. The number of hydrogen-bond donors (Lipinski definition) is 0. The number of allylic oxidation sites excluding steroid dienone is 1. The van der Waals surface area contributed by atoms with Crippen molar-refractivity contribution in [2.24, 2.45) is 0 Å². The molecule has 0 fully saturated rings. The van der Waals surface area contributed by atoms with Crippen molar-refractivity contribution in [2.75, 3.05) is 7.11 Å². The summed E-state index contributed by atoms with van der Waals surface area (Å²) in [7, 11) is 1.60. The van der Waals surface area contributed by atoms with Gasteiger partial charge in [0.05, 0.1) is 12.7 Å². The van der Waals surface area contributed by atoms with Crippen molar-refractivity contribution in [1.29, 1.82) is 0 Å². The Kier molecular flexibility index (Phi) is 9.67. The second-order valence-electron chi connectivity index (χ2n) is 9.59. The van der Waals surface area contributed by atoms with Crippen LogP contribution in [0.4, 0.5) is 0 Å². The smallest absolute Gasteiger partial charge is 0.189 e. The van der Waals surface area contributed by atoms with Crippen molar-refractivity contribution < 1.29 is 23.7 Å². The zero-order valence-electron chi connectivity index (χ0n) is 23.4. The lowest BCUT2D eigenvalue weighted by Gasteiger charge is -2.13. The molecule has 0 aromatic heterocycles. The summed E-state index contributed by atoms with van der Waals surface area (Å²) in [6.45, 7) is 1.18. The Bertz CT molecular complexity index is 1610. The predicted molar refractivity (Wildman–Crippen MR) is 165 cm³/mol. The Hall–Kier alpha value is -5.29. The van der Waals surface area contributed by atoms with Gasteiger partial charge in [-0.15, -0.1) is 0 Å². The summed E-state index contributed by atoms with van der Waals surface area (Å²) in [6.07, 6.45) is 3.29. The zero-order valence-corrected chi connectivity index (χ0v) is 23.4. The SMILES string of the molecule is COc1cc(C=CC(=O)c2ccc(OCc3ccccc3)cc2OCc2ccccc2)ccc1OCc1ccccc1. The quantitative estimate of drug-likeness (QED) is 0.108. The maximum atomic E-state index is 13.4. The minimum Gasteiger partial charge on any atom is -0.493 e. The Morgan fingerprint density at radius 2 is 1.12 bits per heavy atom. The minimum atomic E-state index is -0.184. The highest BCUT2D eigenvalue weighted by molar-refractivity contribution is 6.08. The van der Waals surface area contributed by atoms with Crippen LogP contribution in [-0.4, -0.2) is 12.9 Å². The maximum absolute atomic E-state index is 13.4. The molecule has 0 aliphatic rings. The molecule has 0 saturated carbocycles. The van der Waals surface area contributed by atoms with E-state index in [1.807, 2.05) is 109 Å². The predicted octanol–water partition coefficient (Wildman–Crippen LogP) is 8.33. The normalized spacial score (nSPS) is 10.8. The molecule has 210 valence electrons. The molecule has 0 aliphatic heterocycles. The fourth-order valence-electron chi connectivity index (χ4n) is 4.30. The van der Waals surface area contributed by atoms with Gasteiger partial charge in [0, 0.05) is 6.07 Å². The van der Waals surface area contributed by atoms with Crippen LogP contribution < -0.4 is 18.9 Å². The number of ketones is 1. The summed E-state index contributed by atoms with van der Waals surface area (Å²) < 4.78 is 23.6. The maximum Gasteiger partial charge on any atom is 0.189 e. The highest BCUT2D eigenvalue weighted by Crippen LogP contribution is 2.30. The number of hydrogen-bond acceptors (Lipinski definition) is 5. The first-order chi connectivity index (χ1) is 20.7. The fourth-order valence-corrected chi connectivity index (χ4v) is 4.30. The average molecular weight is 557 g/mol. The van der Waals surface area contributed by atoms with E-state index in [0.717, 1.165) is 22.3 Å². The summed E-state index contributed by atoms with van der Waals surface area (Å²) in [5.74, 6) is 2.12. The highest BCUT2D eigenvalue weighted by atomic mass is 16.5. The van der Waals surface area contributed by atoms with Crippen LogP contribution in [-0.2, 0) is 19.8 Å². The molecule has 0 saturated heterocycles. The molecule has 0 radical (unpaired) electrons. The monoisotopic (exact) mass is 556 g/mol. The van der Waals surface area contributed by atoms with Crippen LogP contribution >= 0.6 is 0 Å². The molecule has 0 heterocycles. The van der Waals surface area contributed by atoms with Crippen molar-refractivity contribution in [1.82, 2.24) is 0 Å². The number of carbonyl (C=O) groups is 1. The summed E-state index contributed by atoms with van der Waals surface area (Å²) in [4.78, 5) is 13.4. The van der Waals surface area contributed by atoms with Crippen molar-refractivity contribution in [3.05, 3.63) is 161 Å². The second kappa shape index (κ2) is 14.4. The van der Waals surface area contributed by atoms with Crippen LogP contribution in [0.3, 0.4) is 0 Å². The molecule has 5 aromatic carbocycles. The van der Waals surface area contributed by atoms with Gasteiger partial charge >= 0.3 is 0 Å². The van der Waals surface area contributed by atoms with Crippen LogP contribution in [0.5, 0.6) is 23.0 Å². The van der Waals surface area contributed by atoms with Gasteiger partial charge in [-0.3, -0.25) is 4.79 Å². The van der Waals surface area contributed by atoms with E-state index in [1.165, 1.54) is 6.08 Å². The van der Waals surface area contributed by atoms with E-state index in [2.05, 4.69) is 0 Å². The Morgan fingerprint density at radius 1 is 0.571 bits per heavy atom. The van der Waals surface area contributed by atoms with Gasteiger partial charge in [0.1, 0.15) is 31.3 Å². The fraction of sp³-hybridized carbons (Fsp3) is 0.108. The molecular formula is C37H32O5. The lowest BCUT2D eigenvalue weighted by molar-refractivity contribution is 0.104. The van der Waals surface area contributed by atoms with E-state index in [9.17, 15) is 4.79 Å². The molecule has 5 rings (SSSR count). The molecule has 0 bridgehead atoms. The van der Waals surface area contributed by atoms with Gasteiger partial charge in [-0.05, 0) is 52.6 Å². The number of methoxy groups -OCH3 is 1. The minimum absolute atomic E-state index is 0.184. The third kappa shape index (κ3) is 7.89. The van der Waals surface area contributed by atoms with Crippen LogP contribution in [0, 0.1) is 0 Å². The molecule has 42 heavy (non-hydrogen) atoms. The van der Waals surface area contributed by atoms with Crippen LogP contribution in [0.15, 0.2) is 133 Å². The zero-order chi connectivity index (χ0) is 29.0. The van der Waals surface area contributed by atoms with Gasteiger partial charge in [0.15, 0.2) is 17.3 Å². The van der Waals surface area contributed by atoms with Gasteiger partial charge < -0.3 is 18.9 Å². The number of benzene rings is 5. The van der Waals surface area contributed by atoms with E-state index in [0.29, 0.717) is 48.4 Å². The van der Waals surface area contributed by atoms with Gasteiger partial charge in [-0.25, -0.2) is 0 Å². The topological polar surface area (TPSA) is 54.0 Å². The molecular weight excluding hydrogens is 524 g/mol. The largest absolute Gasteiger partial charge is 0.493 e. The summed E-state index contributed by atoms with van der Waals surface area (Å²) in [5, 5.41) is 0. The first-order valence-corrected chi connectivity index (χ1v) is 13.7. The van der Waals surface area contributed by atoms with Crippen molar-refractivity contribution in [3.63, 3.8) is 0 Å². The van der Waals surface area contributed by atoms with Crippen molar-refractivity contribution >= 4 is 11.9 Å². The first kappa shape index (κ1) is 28.2. The van der Waals surface area contributed by atoms with Gasteiger partial charge in [0.25, 0.3) is 0 Å². The van der Waals surface area contributed by atoms with Crippen LogP contribution in [0.25, 0.3) is 6.08 Å². The van der Waals surface area contributed by atoms with E-state index in [-0.39, 0.29) is 5.78 Å². The van der Waals surface area contributed by atoms with E-state index in [1.54, 1.807) is 31.4 Å². The number of carbonyl (C=O) groups excluding carboxylic acids is 1. The van der Waals surface area contributed by atoms with Gasteiger partial charge in [-0.2, -0.15) is 0 Å². The van der Waals surface area contributed by atoms with E-state index in [4.69, 9.17) is 18.9 Å². The summed E-state index contributed by atoms with van der Waals surface area (Å²) in [5.41, 5.74) is 4.38. The molecule has 5 heteroatoms. The van der Waals surface area contributed by atoms with Gasteiger partial charge in [0.2, 0.25) is 0 Å². The molecule has 0 atom stereocenters.